The van der Waals surface area contributed by atoms with Gasteiger partial charge in [-0.3, -0.25) is 5.43 Å². The van der Waals surface area contributed by atoms with Crippen LogP contribution < -0.4 is 10.2 Å². The lowest BCUT2D eigenvalue weighted by atomic mass is 10.1. The second kappa shape index (κ2) is 7.11. The van der Waals surface area contributed by atoms with Crippen molar-refractivity contribution in [3.8, 4) is 16.3 Å². The van der Waals surface area contributed by atoms with Crippen molar-refractivity contribution in [2.24, 2.45) is 5.10 Å². The molecule has 0 spiro atoms. The summed E-state index contributed by atoms with van der Waals surface area (Å²) >= 11 is 3.20. The van der Waals surface area contributed by atoms with E-state index >= 15 is 0 Å². The largest absolute Gasteiger partial charge is 0.497 e. The minimum Gasteiger partial charge on any atom is -0.497 e. The van der Waals surface area contributed by atoms with Gasteiger partial charge >= 0.3 is 0 Å². The first-order valence-electron chi connectivity index (χ1n) is 7.41. The van der Waals surface area contributed by atoms with Gasteiger partial charge in [0.1, 0.15) is 5.75 Å². The Bertz CT molecular complexity index is 865. The molecule has 0 aliphatic carbocycles. The van der Waals surface area contributed by atoms with E-state index in [9.17, 15) is 0 Å². The highest BCUT2D eigenvalue weighted by Gasteiger charge is 2.11. The summed E-state index contributed by atoms with van der Waals surface area (Å²) in [5, 5.41) is 8.27. The minimum absolute atomic E-state index is 0.767. The van der Waals surface area contributed by atoms with Gasteiger partial charge < -0.3 is 4.74 Å². The summed E-state index contributed by atoms with van der Waals surface area (Å²) in [5.74, 6) is 0.833. The van der Waals surface area contributed by atoms with Gasteiger partial charge in [-0.2, -0.15) is 5.10 Å². The number of anilines is 1. The monoisotopic (exact) mass is 358 g/mol. The fourth-order valence-corrected chi connectivity index (χ4v) is 3.83. The van der Waals surface area contributed by atoms with Gasteiger partial charge in [0.25, 0.3) is 0 Å². The van der Waals surface area contributed by atoms with E-state index in [1.807, 2.05) is 50.4 Å². The van der Waals surface area contributed by atoms with Crippen LogP contribution in [0.15, 0.2) is 34.7 Å². The van der Waals surface area contributed by atoms with E-state index in [1.165, 1.54) is 11.3 Å². The van der Waals surface area contributed by atoms with Gasteiger partial charge in [-0.15, -0.1) is 22.7 Å². The van der Waals surface area contributed by atoms with E-state index in [-0.39, 0.29) is 0 Å². The highest BCUT2D eigenvalue weighted by Crippen LogP contribution is 2.32. The fraction of sp³-hybridized carbons (Fsp3) is 0.235. The lowest BCUT2D eigenvalue weighted by Crippen LogP contribution is -1.99. The number of thiazole rings is 2. The molecular formula is C17H18N4OS2. The average Bonchev–Trinajstić information content (AvgIpc) is 3.18. The zero-order chi connectivity index (χ0) is 17.1. The van der Waals surface area contributed by atoms with E-state index in [1.54, 1.807) is 18.4 Å². The van der Waals surface area contributed by atoms with Crippen LogP contribution in [0.3, 0.4) is 0 Å². The molecule has 0 aliphatic heterocycles. The molecule has 1 N–H and O–H groups in total. The van der Waals surface area contributed by atoms with Crippen molar-refractivity contribution in [3.63, 3.8) is 0 Å². The van der Waals surface area contributed by atoms with Crippen LogP contribution in [-0.4, -0.2) is 22.8 Å². The molecule has 0 saturated heterocycles. The molecule has 0 unspecified atom stereocenters. The van der Waals surface area contributed by atoms with Crippen LogP contribution in [0.25, 0.3) is 10.6 Å². The number of methoxy groups -OCH3 is 1. The maximum absolute atomic E-state index is 5.17. The molecule has 24 heavy (non-hydrogen) atoms. The number of nitrogens with one attached hydrogen (secondary N) is 1. The molecule has 0 saturated carbocycles. The number of hydrogen-bond donors (Lipinski definition) is 1. The quantitative estimate of drug-likeness (QED) is 0.529. The number of rotatable bonds is 5. The number of aromatic nitrogens is 2. The third-order valence-corrected chi connectivity index (χ3v) is 5.31. The Morgan fingerprint density at radius 2 is 1.92 bits per heavy atom. The molecular weight excluding hydrogens is 340 g/mol. The van der Waals surface area contributed by atoms with Crippen molar-refractivity contribution in [1.29, 1.82) is 0 Å². The summed E-state index contributed by atoms with van der Waals surface area (Å²) in [7, 11) is 1.66. The zero-order valence-electron chi connectivity index (χ0n) is 14.0. The van der Waals surface area contributed by atoms with Crippen LogP contribution in [0, 0.1) is 13.8 Å². The molecule has 0 amide bonds. The molecule has 3 aromatic rings. The van der Waals surface area contributed by atoms with Gasteiger partial charge in [0.2, 0.25) is 5.13 Å². The first kappa shape index (κ1) is 16.6. The van der Waals surface area contributed by atoms with E-state index < -0.39 is 0 Å². The third-order valence-electron chi connectivity index (χ3n) is 3.47. The van der Waals surface area contributed by atoms with Crippen molar-refractivity contribution in [2.45, 2.75) is 20.8 Å². The number of aryl methyl sites for hydroxylation is 2. The Morgan fingerprint density at radius 1 is 1.17 bits per heavy atom. The topological polar surface area (TPSA) is 59.4 Å². The van der Waals surface area contributed by atoms with Crippen LogP contribution in [0.1, 0.15) is 23.2 Å². The molecule has 0 radical (unpaired) electrons. The van der Waals surface area contributed by atoms with Crippen molar-refractivity contribution < 1.29 is 4.74 Å². The molecule has 7 heteroatoms. The van der Waals surface area contributed by atoms with Crippen molar-refractivity contribution in [3.05, 3.63) is 45.9 Å². The number of benzene rings is 1. The van der Waals surface area contributed by atoms with Crippen LogP contribution >= 0.6 is 22.7 Å². The van der Waals surface area contributed by atoms with Crippen molar-refractivity contribution >= 4 is 33.5 Å². The number of ether oxygens (including phenoxy) is 1. The fourth-order valence-electron chi connectivity index (χ4n) is 2.23. The Labute approximate surface area is 149 Å². The van der Waals surface area contributed by atoms with E-state index in [0.717, 1.165) is 43.4 Å². The number of hydrogen-bond acceptors (Lipinski definition) is 7. The summed E-state index contributed by atoms with van der Waals surface area (Å²) in [6.07, 6.45) is 0. The summed E-state index contributed by atoms with van der Waals surface area (Å²) in [5.41, 5.74) is 6.93. The zero-order valence-corrected chi connectivity index (χ0v) is 15.6. The lowest BCUT2D eigenvalue weighted by molar-refractivity contribution is 0.415. The second-order valence-electron chi connectivity index (χ2n) is 5.22. The molecule has 0 bridgehead atoms. The first-order chi connectivity index (χ1) is 11.6. The van der Waals surface area contributed by atoms with Crippen LogP contribution in [0.2, 0.25) is 0 Å². The molecule has 3 rings (SSSR count). The van der Waals surface area contributed by atoms with Gasteiger partial charge in [0.15, 0.2) is 0 Å². The molecule has 2 aromatic heterocycles. The summed E-state index contributed by atoms with van der Waals surface area (Å²) in [6.45, 7) is 5.98. The standard InChI is InChI=1S/C17H18N4OS2/c1-10(13-5-7-14(22-4)8-6-13)20-21-17-19-15(9-23-17)16-11(2)18-12(3)24-16/h5-9H,1-4H3,(H,19,21)/b20-10-. The van der Waals surface area contributed by atoms with Crippen molar-refractivity contribution in [1.82, 2.24) is 9.97 Å². The highest BCUT2D eigenvalue weighted by molar-refractivity contribution is 7.16. The Hall–Kier alpha value is -2.25. The lowest BCUT2D eigenvalue weighted by Gasteiger charge is -2.03. The summed E-state index contributed by atoms with van der Waals surface area (Å²) in [6, 6.07) is 7.81. The molecule has 0 atom stereocenters. The second-order valence-corrected chi connectivity index (χ2v) is 7.28. The maximum Gasteiger partial charge on any atom is 0.203 e. The molecule has 1 aromatic carbocycles. The summed E-state index contributed by atoms with van der Waals surface area (Å²) < 4.78 is 5.17. The SMILES string of the molecule is COc1ccc(/C(C)=N\Nc2nc(-c3sc(C)nc3C)cs2)cc1. The Morgan fingerprint density at radius 3 is 2.54 bits per heavy atom. The molecule has 0 fully saturated rings. The Balaban J connectivity index is 1.73. The molecule has 5 nitrogen and oxygen atoms in total. The maximum atomic E-state index is 5.17. The molecule has 0 aliphatic rings. The van der Waals surface area contributed by atoms with Gasteiger partial charge in [0, 0.05) is 5.38 Å². The highest BCUT2D eigenvalue weighted by atomic mass is 32.1. The molecule has 2 heterocycles. The van der Waals surface area contributed by atoms with Crippen LogP contribution in [-0.2, 0) is 0 Å². The van der Waals surface area contributed by atoms with Gasteiger partial charge in [-0.05, 0) is 50.6 Å². The van der Waals surface area contributed by atoms with E-state index in [0.29, 0.717) is 0 Å². The predicted octanol–water partition coefficient (Wildman–Crippen LogP) is 4.73. The first-order valence-corrected chi connectivity index (χ1v) is 9.11. The van der Waals surface area contributed by atoms with Crippen LogP contribution in [0.5, 0.6) is 5.75 Å². The minimum atomic E-state index is 0.767. The summed E-state index contributed by atoms with van der Waals surface area (Å²) in [4.78, 5) is 10.2. The predicted molar refractivity (Wildman–Crippen MR) is 102 cm³/mol. The van der Waals surface area contributed by atoms with Crippen molar-refractivity contribution in [2.75, 3.05) is 12.5 Å². The smallest absolute Gasteiger partial charge is 0.203 e. The molecule has 124 valence electrons. The number of hydrazone groups is 1. The average molecular weight is 358 g/mol. The Kier molecular flexibility index (Phi) is 4.92. The normalized spacial score (nSPS) is 11.6. The van der Waals surface area contributed by atoms with Gasteiger partial charge in [0.05, 0.1) is 34.1 Å². The van der Waals surface area contributed by atoms with E-state index in [2.05, 4.69) is 20.5 Å². The van der Waals surface area contributed by atoms with Gasteiger partial charge in [-0.1, -0.05) is 0 Å². The van der Waals surface area contributed by atoms with E-state index in [4.69, 9.17) is 4.74 Å². The third kappa shape index (κ3) is 3.63. The van der Waals surface area contributed by atoms with Crippen LogP contribution in [0.4, 0.5) is 5.13 Å². The number of nitrogens with zero attached hydrogens (tertiary/aromatic N) is 3. The van der Waals surface area contributed by atoms with Gasteiger partial charge in [-0.25, -0.2) is 9.97 Å².